The molecule has 4 aliphatic heterocycles. The number of amides is 2. The Morgan fingerprint density at radius 2 is 1.35 bits per heavy atom. The molecule has 0 saturated carbocycles. The van der Waals surface area contributed by atoms with E-state index in [1.165, 1.54) is 13.8 Å². The number of carbonyl (C=O) groups excluding carboxylic acids is 2. The highest BCUT2D eigenvalue weighted by Crippen LogP contribution is 2.39. The average molecular weight is 899 g/mol. The van der Waals surface area contributed by atoms with E-state index >= 15 is 0 Å². The summed E-state index contributed by atoms with van der Waals surface area (Å²) < 4.78 is 77.3. The molecule has 4 aliphatic rings. The van der Waals surface area contributed by atoms with E-state index in [0.717, 1.165) is 13.8 Å². The second-order valence-corrected chi connectivity index (χ2v) is 16.0. The van der Waals surface area contributed by atoms with Crippen molar-refractivity contribution in [3.63, 3.8) is 0 Å². The Morgan fingerprint density at radius 3 is 1.90 bits per heavy atom. The topological polar surface area (TPSA) is 426 Å². The van der Waals surface area contributed by atoms with Gasteiger partial charge in [0, 0.05) is 20.3 Å². The second kappa shape index (κ2) is 20.4. The van der Waals surface area contributed by atoms with Gasteiger partial charge >= 0.3 is 16.4 Å². The van der Waals surface area contributed by atoms with E-state index in [1.807, 2.05) is 0 Å². The van der Waals surface area contributed by atoms with Crippen LogP contribution >= 0.6 is 0 Å². The van der Waals surface area contributed by atoms with E-state index in [0.29, 0.717) is 0 Å². The zero-order valence-corrected chi connectivity index (χ0v) is 33.3. The molecular weight excluding hydrogens is 844 g/mol. The van der Waals surface area contributed by atoms with Gasteiger partial charge < -0.3 is 100.0 Å². The van der Waals surface area contributed by atoms with Gasteiger partial charge in [0.1, 0.15) is 79.4 Å². The van der Waals surface area contributed by atoms with E-state index < -0.39 is 183 Å². The van der Waals surface area contributed by atoms with Gasteiger partial charge in [-0.15, -0.1) is 0 Å². The van der Waals surface area contributed by atoms with Crippen LogP contribution in [0.3, 0.4) is 0 Å². The fourth-order valence-electron chi connectivity index (χ4n) is 7.38. The molecule has 0 aromatic heterocycles. The first kappa shape index (κ1) is 50.2. The van der Waals surface area contributed by atoms with Crippen molar-refractivity contribution in [1.29, 1.82) is 0 Å². The van der Waals surface area contributed by atoms with Crippen LogP contribution in [-0.4, -0.2) is 235 Å². The van der Waals surface area contributed by atoms with E-state index in [1.54, 1.807) is 0 Å². The van der Waals surface area contributed by atoms with Gasteiger partial charge in [-0.3, -0.25) is 14.1 Å². The monoisotopic (exact) mass is 898 g/mol. The minimum Gasteiger partial charge on any atom is -0.477 e. The van der Waals surface area contributed by atoms with Crippen LogP contribution in [0.1, 0.15) is 34.1 Å². The van der Waals surface area contributed by atoms with Crippen molar-refractivity contribution in [2.24, 2.45) is 0 Å². The lowest BCUT2D eigenvalue weighted by molar-refractivity contribution is -0.385. The number of hydrogen-bond donors (Lipinski definition) is 14. The maximum Gasteiger partial charge on any atom is 0.397 e. The Kier molecular flexibility index (Phi) is 17.1. The predicted octanol–water partition coefficient (Wildman–Crippen LogP) is -8.33. The summed E-state index contributed by atoms with van der Waals surface area (Å²) in [6.07, 6.45) is -35.2. The molecule has 60 heavy (non-hydrogen) atoms. The third kappa shape index (κ3) is 11.4. The van der Waals surface area contributed by atoms with Crippen molar-refractivity contribution in [2.75, 3.05) is 19.8 Å². The predicted molar refractivity (Wildman–Crippen MR) is 187 cm³/mol. The van der Waals surface area contributed by atoms with Crippen LogP contribution in [0.25, 0.3) is 0 Å². The fraction of sp³-hybridized carbons (Fsp3) is 0.906. The van der Waals surface area contributed by atoms with Crippen molar-refractivity contribution >= 4 is 28.2 Å². The SMILES string of the molecule is CC(=O)NC1[C@H](C)OC(CO)[C@H](O[C@@H]2OC(COS(=O)(=O)O)[C@H](O)[C@H](O[C@]3(C(=O)O)C[C@H](O)[C@@H](NC(C)=O)C([C@H](O)[C@H](O)CO)O3)C2O)[C@@H]1O[C@@H]1OC(C)[C@H](O)[C@H](O)C1O. The Bertz CT molecular complexity index is 1580. The highest BCUT2D eigenvalue weighted by molar-refractivity contribution is 7.80. The van der Waals surface area contributed by atoms with E-state index in [2.05, 4.69) is 14.8 Å². The van der Waals surface area contributed by atoms with Gasteiger partial charge in [0.25, 0.3) is 5.79 Å². The van der Waals surface area contributed by atoms with Gasteiger partial charge in [-0.1, -0.05) is 0 Å². The average Bonchev–Trinajstić information content (AvgIpc) is 3.16. The Labute approximate surface area is 341 Å². The number of aliphatic hydroxyl groups is 10. The molecule has 4 fully saturated rings. The molecule has 2 amide bonds. The first-order valence-electron chi connectivity index (χ1n) is 18.5. The summed E-state index contributed by atoms with van der Waals surface area (Å²) in [6.45, 7) is 1.55. The Hall–Kier alpha value is -2.40. The lowest BCUT2D eigenvalue weighted by atomic mass is 9.88. The molecule has 348 valence electrons. The molecule has 4 rings (SSSR count). The molecule has 4 saturated heterocycles. The lowest BCUT2D eigenvalue weighted by Crippen LogP contribution is -2.71. The maximum atomic E-state index is 13.0. The molecule has 0 aromatic rings. The van der Waals surface area contributed by atoms with E-state index in [-0.39, 0.29) is 0 Å². The third-order valence-electron chi connectivity index (χ3n) is 10.4. The van der Waals surface area contributed by atoms with Crippen LogP contribution in [0.4, 0.5) is 0 Å². The van der Waals surface area contributed by atoms with Gasteiger partial charge in [-0.05, 0) is 13.8 Å². The molecule has 0 bridgehead atoms. The molecule has 7 unspecified atom stereocenters. The van der Waals surface area contributed by atoms with Crippen molar-refractivity contribution in [3.05, 3.63) is 0 Å². The summed E-state index contributed by atoms with van der Waals surface area (Å²) in [5.74, 6) is -6.82. The van der Waals surface area contributed by atoms with Crippen LogP contribution in [0.2, 0.25) is 0 Å². The van der Waals surface area contributed by atoms with E-state index in [4.69, 9.17) is 33.2 Å². The molecular formula is C32H54N2O25S. The number of carboxylic acids is 1. The summed E-state index contributed by atoms with van der Waals surface area (Å²) in [5, 5.41) is 122. The van der Waals surface area contributed by atoms with Gasteiger partial charge in [0.2, 0.25) is 11.8 Å². The zero-order chi connectivity index (χ0) is 45.2. The maximum absolute atomic E-state index is 13.0. The Morgan fingerprint density at radius 1 is 0.767 bits per heavy atom. The summed E-state index contributed by atoms with van der Waals surface area (Å²) in [7, 11) is -5.29. The third-order valence-corrected chi connectivity index (χ3v) is 10.9. The molecule has 14 N–H and O–H groups in total. The van der Waals surface area contributed by atoms with Crippen LogP contribution in [0, 0.1) is 0 Å². The summed E-state index contributed by atoms with van der Waals surface area (Å²) in [6, 6.07) is -2.94. The number of carboxylic acid groups (broad SMARTS) is 1. The fourth-order valence-corrected chi connectivity index (χ4v) is 7.68. The lowest BCUT2D eigenvalue weighted by Gasteiger charge is -2.51. The number of nitrogens with one attached hydrogen (secondary N) is 2. The van der Waals surface area contributed by atoms with Gasteiger partial charge in [0.15, 0.2) is 12.6 Å². The number of aliphatic carboxylic acids is 1. The number of aliphatic hydroxyl groups excluding tert-OH is 10. The molecule has 4 heterocycles. The van der Waals surface area contributed by atoms with Crippen LogP contribution in [0.15, 0.2) is 0 Å². The van der Waals surface area contributed by atoms with Gasteiger partial charge in [0.05, 0.1) is 50.2 Å². The number of ether oxygens (including phenoxy) is 7. The highest BCUT2D eigenvalue weighted by atomic mass is 32.3. The molecule has 28 heteroatoms. The quantitative estimate of drug-likeness (QED) is 0.0640. The molecule has 0 aromatic carbocycles. The van der Waals surface area contributed by atoms with Crippen LogP contribution in [-0.2, 0) is 62.1 Å². The summed E-state index contributed by atoms with van der Waals surface area (Å²) in [4.78, 5) is 37.3. The highest BCUT2D eigenvalue weighted by Gasteiger charge is 2.60. The van der Waals surface area contributed by atoms with Crippen molar-refractivity contribution < 1.29 is 121 Å². The standard InChI is InChI=1S/C32H54N2O25S/c1-9-17(33-11(3)37)27(57-29-23(45)22(44)19(41)10(2)54-29)25(15(7-36)53-9)56-30-24(46)28(21(43)16(55-30)8-52-60(49,50)51)59-32(31(47)48)5-13(39)18(34-12(4)38)26(58-32)20(42)14(40)6-35/h9-10,13-30,35-36,39-46H,5-8H2,1-4H3,(H,33,37)(H,34,38)(H,47,48)(H,49,50,51)/t9-,10?,13-,14+,15?,16?,17?,18+,19-,20+,21-,22-,23?,24?,25-,26?,27+,28-,29-,30-,32-/m0/s1. The minimum atomic E-state index is -5.29. The van der Waals surface area contributed by atoms with Gasteiger partial charge in [-0.2, -0.15) is 8.42 Å². The molecule has 21 atom stereocenters. The molecule has 27 nitrogen and oxygen atoms in total. The van der Waals surface area contributed by atoms with Crippen molar-refractivity contribution in [3.8, 4) is 0 Å². The Balaban J connectivity index is 1.77. The number of rotatable bonds is 16. The zero-order valence-electron chi connectivity index (χ0n) is 32.5. The first-order chi connectivity index (χ1) is 27.9. The van der Waals surface area contributed by atoms with Gasteiger partial charge in [-0.25, -0.2) is 8.98 Å². The molecule has 0 radical (unpaired) electrons. The largest absolute Gasteiger partial charge is 0.477 e. The minimum absolute atomic E-state index is 0.670. The molecule has 0 spiro atoms. The summed E-state index contributed by atoms with van der Waals surface area (Å²) >= 11 is 0. The van der Waals surface area contributed by atoms with Crippen molar-refractivity contribution in [2.45, 2.75) is 162 Å². The van der Waals surface area contributed by atoms with E-state index in [9.17, 15) is 83.5 Å². The molecule has 0 aliphatic carbocycles. The van der Waals surface area contributed by atoms with Crippen molar-refractivity contribution in [1.82, 2.24) is 10.6 Å². The first-order valence-corrected chi connectivity index (χ1v) is 19.9. The van der Waals surface area contributed by atoms with Crippen LogP contribution in [0.5, 0.6) is 0 Å². The number of hydrogen-bond acceptors (Lipinski definition) is 23. The summed E-state index contributed by atoms with van der Waals surface area (Å²) in [5.41, 5.74) is 0. The second-order valence-electron chi connectivity index (χ2n) is 14.9. The number of carbonyl (C=O) groups is 3. The smallest absolute Gasteiger partial charge is 0.397 e. The normalized spacial score (nSPS) is 43.7. The van der Waals surface area contributed by atoms with Crippen LogP contribution < -0.4 is 10.6 Å².